The van der Waals surface area contributed by atoms with Crippen LogP contribution in [0.4, 0.5) is 5.69 Å². The lowest BCUT2D eigenvalue weighted by atomic mass is 10.2. The predicted octanol–water partition coefficient (Wildman–Crippen LogP) is 2.37. The number of hydrogen-bond donors (Lipinski definition) is 1. The van der Waals surface area contributed by atoms with Crippen molar-refractivity contribution in [2.24, 2.45) is 5.73 Å². The molecule has 0 unspecified atom stereocenters. The third-order valence-electron chi connectivity index (χ3n) is 4.13. The highest BCUT2D eigenvalue weighted by Gasteiger charge is 2.18. The topological polar surface area (TPSA) is 45.6 Å². The van der Waals surface area contributed by atoms with Crippen molar-refractivity contribution < 1.29 is 4.42 Å². The fraction of sp³-hybridized carbons (Fsp3) is 0.412. The van der Waals surface area contributed by atoms with Crippen LogP contribution in [-0.4, -0.2) is 31.1 Å². The number of para-hydroxylation sites is 1. The lowest BCUT2D eigenvalue weighted by Gasteiger charge is -2.35. The van der Waals surface area contributed by atoms with E-state index in [1.54, 1.807) is 0 Å². The van der Waals surface area contributed by atoms with E-state index in [0.717, 1.165) is 49.8 Å². The summed E-state index contributed by atoms with van der Waals surface area (Å²) in [6.45, 7) is 7.67. The molecule has 0 radical (unpaired) electrons. The van der Waals surface area contributed by atoms with Crippen LogP contribution in [0.1, 0.15) is 17.1 Å². The zero-order valence-electron chi connectivity index (χ0n) is 12.6. The Kier molecular flexibility index (Phi) is 4.27. The number of furan rings is 1. The zero-order chi connectivity index (χ0) is 14.7. The van der Waals surface area contributed by atoms with E-state index in [1.165, 1.54) is 5.69 Å². The first-order valence-corrected chi connectivity index (χ1v) is 7.57. The molecule has 3 rings (SSSR count). The summed E-state index contributed by atoms with van der Waals surface area (Å²) in [6, 6.07) is 12.7. The standard InChI is InChI=1S/C17H23N3O/c1-14-11-16(21-17(14)12-18)13-19-7-9-20(10-8-19)15-5-3-2-4-6-15/h2-6,11H,7-10,12-13,18H2,1H3. The van der Waals surface area contributed by atoms with Crippen LogP contribution in [0.2, 0.25) is 0 Å². The van der Waals surface area contributed by atoms with Crippen LogP contribution in [-0.2, 0) is 13.1 Å². The van der Waals surface area contributed by atoms with Gasteiger partial charge < -0.3 is 15.1 Å². The SMILES string of the molecule is Cc1cc(CN2CCN(c3ccccc3)CC2)oc1CN. The highest BCUT2D eigenvalue weighted by molar-refractivity contribution is 5.46. The fourth-order valence-corrected chi connectivity index (χ4v) is 2.89. The molecule has 2 aromatic rings. The van der Waals surface area contributed by atoms with Gasteiger partial charge in [0.25, 0.3) is 0 Å². The van der Waals surface area contributed by atoms with Crippen molar-refractivity contribution in [3.05, 3.63) is 53.5 Å². The maximum atomic E-state index is 5.80. The highest BCUT2D eigenvalue weighted by Crippen LogP contribution is 2.19. The smallest absolute Gasteiger partial charge is 0.120 e. The van der Waals surface area contributed by atoms with Gasteiger partial charge in [0.1, 0.15) is 11.5 Å². The van der Waals surface area contributed by atoms with Crippen LogP contribution in [0.15, 0.2) is 40.8 Å². The minimum Gasteiger partial charge on any atom is -0.463 e. The lowest BCUT2D eigenvalue weighted by molar-refractivity contribution is 0.228. The molecule has 21 heavy (non-hydrogen) atoms. The number of nitrogens with zero attached hydrogens (tertiary/aromatic N) is 2. The molecular formula is C17H23N3O. The van der Waals surface area contributed by atoms with Gasteiger partial charge in [-0.3, -0.25) is 4.90 Å². The molecule has 0 atom stereocenters. The monoisotopic (exact) mass is 285 g/mol. The van der Waals surface area contributed by atoms with E-state index in [2.05, 4.69) is 53.1 Å². The van der Waals surface area contributed by atoms with E-state index >= 15 is 0 Å². The van der Waals surface area contributed by atoms with Crippen molar-refractivity contribution in [1.29, 1.82) is 0 Å². The van der Waals surface area contributed by atoms with Gasteiger partial charge in [0, 0.05) is 31.9 Å². The van der Waals surface area contributed by atoms with E-state index in [4.69, 9.17) is 10.2 Å². The second-order valence-corrected chi connectivity index (χ2v) is 5.62. The second-order valence-electron chi connectivity index (χ2n) is 5.62. The molecule has 0 aliphatic carbocycles. The molecule has 0 saturated carbocycles. The van der Waals surface area contributed by atoms with Crippen molar-refractivity contribution in [1.82, 2.24) is 4.90 Å². The molecule has 2 N–H and O–H groups in total. The van der Waals surface area contributed by atoms with Crippen LogP contribution in [0.5, 0.6) is 0 Å². The quantitative estimate of drug-likeness (QED) is 0.937. The first-order valence-electron chi connectivity index (χ1n) is 7.57. The number of anilines is 1. The molecule has 0 bridgehead atoms. The van der Waals surface area contributed by atoms with Crippen LogP contribution >= 0.6 is 0 Å². The van der Waals surface area contributed by atoms with E-state index < -0.39 is 0 Å². The molecule has 2 heterocycles. The molecule has 1 aliphatic rings. The second kappa shape index (κ2) is 6.33. The van der Waals surface area contributed by atoms with Gasteiger partial charge in [0.15, 0.2) is 0 Å². The summed E-state index contributed by atoms with van der Waals surface area (Å²) in [7, 11) is 0. The summed E-state index contributed by atoms with van der Waals surface area (Å²) in [4.78, 5) is 4.88. The Labute approximate surface area is 126 Å². The summed E-state index contributed by atoms with van der Waals surface area (Å²) < 4.78 is 5.80. The lowest BCUT2D eigenvalue weighted by Crippen LogP contribution is -2.45. The van der Waals surface area contributed by atoms with Crippen molar-refractivity contribution in [3.8, 4) is 0 Å². The number of piperazine rings is 1. The Morgan fingerprint density at radius 1 is 1.10 bits per heavy atom. The molecule has 4 heteroatoms. The normalized spacial score (nSPS) is 16.4. The van der Waals surface area contributed by atoms with Crippen molar-refractivity contribution in [3.63, 3.8) is 0 Å². The first-order chi connectivity index (χ1) is 10.3. The number of rotatable bonds is 4. The third kappa shape index (κ3) is 3.28. The van der Waals surface area contributed by atoms with E-state index in [-0.39, 0.29) is 0 Å². The summed E-state index contributed by atoms with van der Waals surface area (Å²) in [5.74, 6) is 1.94. The Bertz CT molecular complexity index is 571. The Balaban J connectivity index is 1.56. The molecule has 112 valence electrons. The largest absolute Gasteiger partial charge is 0.463 e. The third-order valence-corrected chi connectivity index (χ3v) is 4.13. The van der Waals surface area contributed by atoms with Crippen molar-refractivity contribution >= 4 is 5.69 Å². The summed E-state index contributed by atoms with van der Waals surface area (Å²) in [5.41, 5.74) is 8.14. The first kappa shape index (κ1) is 14.2. The van der Waals surface area contributed by atoms with Gasteiger partial charge in [-0.2, -0.15) is 0 Å². The molecule has 4 nitrogen and oxygen atoms in total. The van der Waals surface area contributed by atoms with Gasteiger partial charge in [-0.25, -0.2) is 0 Å². The van der Waals surface area contributed by atoms with Crippen LogP contribution < -0.4 is 10.6 Å². The number of hydrogen-bond acceptors (Lipinski definition) is 4. The summed E-state index contributed by atoms with van der Waals surface area (Å²) in [6.07, 6.45) is 0. The number of aryl methyl sites for hydroxylation is 1. The summed E-state index contributed by atoms with van der Waals surface area (Å²) >= 11 is 0. The Morgan fingerprint density at radius 3 is 2.43 bits per heavy atom. The maximum absolute atomic E-state index is 5.80. The van der Waals surface area contributed by atoms with Gasteiger partial charge >= 0.3 is 0 Å². The molecule has 0 amide bonds. The Hall–Kier alpha value is -1.78. The minimum atomic E-state index is 0.480. The van der Waals surface area contributed by atoms with Gasteiger partial charge in [-0.15, -0.1) is 0 Å². The fourth-order valence-electron chi connectivity index (χ4n) is 2.89. The van der Waals surface area contributed by atoms with Gasteiger partial charge in [0.2, 0.25) is 0 Å². The van der Waals surface area contributed by atoms with Crippen LogP contribution in [0.25, 0.3) is 0 Å². The average Bonchev–Trinajstić information content (AvgIpc) is 2.88. The molecule has 1 aromatic carbocycles. The van der Waals surface area contributed by atoms with Crippen molar-refractivity contribution in [2.75, 3.05) is 31.1 Å². The minimum absolute atomic E-state index is 0.480. The number of benzene rings is 1. The summed E-state index contributed by atoms with van der Waals surface area (Å²) in [5, 5.41) is 0. The molecular weight excluding hydrogens is 262 g/mol. The van der Waals surface area contributed by atoms with Gasteiger partial charge in [-0.1, -0.05) is 18.2 Å². The molecule has 1 aliphatic heterocycles. The highest BCUT2D eigenvalue weighted by atomic mass is 16.3. The van der Waals surface area contributed by atoms with Gasteiger partial charge in [0.05, 0.1) is 13.1 Å². The number of nitrogens with two attached hydrogens (primary N) is 1. The molecule has 0 spiro atoms. The van der Waals surface area contributed by atoms with Crippen LogP contribution in [0, 0.1) is 6.92 Å². The average molecular weight is 285 g/mol. The van der Waals surface area contributed by atoms with E-state index in [9.17, 15) is 0 Å². The maximum Gasteiger partial charge on any atom is 0.120 e. The Morgan fingerprint density at radius 2 is 1.81 bits per heavy atom. The molecule has 1 aromatic heterocycles. The van der Waals surface area contributed by atoms with Gasteiger partial charge in [-0.05, 0) is 30.7 Å². The molecule has 1 fully saturated rings. The zero-order valence-corrected chi connectivity index (χ0v) is 12.6. The van der Waals surface area contributed by atoms with Crippen molar-refractivity contribution in [2.45, 2.75) is 20.0 Å². The predicted molar refractivity (Wildman–Crippen MR) is 85.3 cm³/mol. The van der Waals surface area contributed by atoms with Crippen LogP contribution in [0.3, 0.4) is 0 Å². The molecule has 1 saturated heterocycles. The van der Waals surface area contributed by atoms with E-state index in [1.807, 2.05) is 0 Å². The van der Waals surface area contributed by atoms with E-state index in [0.29, 0.717) is 6.54 Å².